The Bertz CT molecular complexity index is 1880. The largest absolute Gasteiger partial charge is 0.476 e. The third-order valence-corrected chi connectivity index (χ3v) is 12.4. The highest BCUT2D eigenvalue weighted by atomic mass is 32.2. The second-order valence-electron chi connectivity index (χ2n) is 15.5. The number of fused-ring (bicyclic) bond motifs is 1. The number of pyridine rings is 1. The van der Waals surface area contributed by atoms with Crippen LogP contribution in [0.25, 0.3) is 10.8 Å². The molecule has 0 radical (unpaired) electrons. The predicted octanol–water partition coefficient (Wildman–Crippen LogP) is 3.10. The molecule has 0 bridgehead atoms. The maximum atomic E-state index is 14.2. The molecule has 4 aliphatic rings. The van der Waals surface area contributed by atoms with Crippen molar-refractivity contribution < 1.29 is 37.0 Å². The van der Waals surface area contributed by atoms with Gasteiger partial charge >= 0.3 is 0 Å². The molecule has 2 saturated heterocycles. The van der Waals surface area contributed by atoms with Gasteiger partial charge in [-0.05, 0) is 59.9 Å². The molecule has 3 amide bonds. The first-order valence-electron chi connectivity index (χ1n) is 17.9. The van der Waals surface area contributed by atoms with E-state index in [2.05, 4.69) is 26.5 Å². The number of aromatic nitrogens is 1. The van der Waals surface area contributed by atoms with Gasteiger partial charge in [-0.15, -0.1) is 6.58 Å². The summed E-state index contributed by atoms with van der Waals surface area (Å²) < 4.78 is 45.0. The average molecular weight is 739 g/mol. The molecule has 2 saturated carbocycles. The molecule has 15 heteroatoms. The Labute approximate surface area is 305 Å². The Morgan fingerprint density at radius 1 is 1.15 bits per heavy atom. The highest BCUT2D eigenvalue weighted by molar-refractivity contribution is 7.91. The quantitative estimate of drug-likeness (QED) is 0.199. The number of morpholine rings is 1. The number of rotatable bonds is 11. The van der Waals surface area contributed by atoms with Crippen molar-refractivity contribution in [3.63, 3.8) is 0 Å². The van der Waals surface area contributed by atoms with Crippen LogP contribution in [-0.4, -0.2) is 109 Å². The summed E-state index contributed by atoms with van der Waals surface area (Å²) in [7, 11) is -3.96. The van der Waals surface area contributed by atoms with Gasteiger partial charge in [0.2, 0.25) is 27.7 Å². The number of anilines is 1. The monoisotopic (exact) mass is 738 g/mol. The van der Waals surface area contributed by atoms with E-state index in [4.69, 9.17) is 19.2 Å². The summed E-state index contributed by atoms with van der Waals surface area (Å²) >= 11 is 0. The molecule has 6 rings (SSSR count). The maximum absolute atomic E-state index is 14.2. The molecule has 3 heterocycles. The van der Waals surface area contributed by atoms with Crippen LogP contribution in [0.5, 0.6) is 5.88 Å². The highest BCUT2D eigenvalue weighted by Gasteiger charge is 2.63. The van der Waals surface area contributed by atoms with Crippen molar-refractivity contribution in [3.05, 3.63) is 43.1 Å². The van der Waals surface area contributed by atoms with E-state index in [1.807, 2.05) is 45.0 Å². The summed E-state index contributed by atoms with van der Waals surface area (Å²) in [6, 6.07) is 5.85. The van der Waals surface area contributed by atoms with Gasteiger partial charge in [0.25, 0.3) is 5.91 Å². The van der Waals surface area contributed by atoms with Crippen LogP contribution in [0.15, 0.2) is 48.1 Å². The number of carbonyl (C=O) groups is 3. The van der Waals surface area contributed by atoms with E-state index in [1.165, 1.54) is 11.0 Å². The van der Waals surface area contributed by atoms with Crippen LogP contribution in [0.3, 0.4) is 0 Å². The number of nitrogens with one attached hydrogen (secondary N) is 2. The van der Waals surface area contributed by atoms with Crippen molar-refractivity contribution >= 4 is 50.1 Å². The number of aliphatic imine (C=N–C) groups is 1. The number of ether oxygens (including phenoxy) is 3. The summed E-state index contributed by atoms with van der Waals surface area (Å²) in [5, 5.41) is 4.58. The van der Waals surface area contributed by atoms with Gasteiger partial charge in [0.05, 0.1) is 36.4 Å². The van der Waals surface area contributed by atoms with Gasteiger partial charge in [-0.25, -0.2) is 18.4 Å². The molecule has 2 aromatic rings. The molecule has 1 aromatic carbocycles. The van der Waals surface area contributed by atoms with Crippen LogP contribution in [-0.2, 0) is 33.9 Å². The van der Waals surface area contributed by atoms with Crippen molar-refractivity contribution in [2.45, 2.75) is 101 Å². The Morgan fingerprint density at radius 3 is 2.44 bits per heavy atom. The second kappa shape index (κ2) is 14.0. The number of nitrogens with zero attached hydrogens (tertiary/aromatic N) is 4. The van der Waals surface area contributed by atoms with Gasteiger partial charge in [0, 0.05) is 43.1 Å². The topological polar surface area (TPSA) is 169 Å². The number of amides is 3. The number of benzene rings is 1. The molecule has 2 N–H and O–H groups in total. The van der Waals surface area contributed by atoms with Crippen LogP contribution in [0, 0.1) is 5.92 Å². The second-order valence-corrected chi connectivity index (χ2v) is 17.7. The fraction of sp³-hybridized carbons (Fsp3) is 0.595. The zero-order valence-electron chi connectivity index (χ0n) is 30.8. The number of carbonyl (C=O) groups excluding carboxylic acids is 3. The molecular weight excluding hydrogens is 689 g/mol. The van der Waals surface area contributed by atoms with Crippen molar-refractivity contribution in [2.75, 3.05) is 37.7 Å². The van der Waals surface area contributed by atoms with E-state index in [0.717, 1.165) is 29.5 Å². The van der Waals surface area contributed by atoms with Gasteiger partial charge in [0.15, 0.2) is 5.90 Å². The number of hydrogen-bond acceptors (Lipinski definition) is 11. The predicted molar refractivity (Wildman–Crippen MR) is 197 cm³/mol. The van der Waals surface area contributed by atoms with E-state index in [-0.39, 0.29) is 19.4 Å². The maximum Gasteiger partial charge on any atom is 0.259 e. The molecule has 2 aliphatic carbocycles. The van der Waals surface area contributed by atoms with E-state index >= 15 is 0 Å². The standard InChI is InChI=1S/C37H50N6O8S/c1-8-25-20-37(25,34(46)41-52(47,48)36(7)13-14-36)40-31(44)29-19-26(22-43(29)33(45)23(2)39-24(3)51-35(4,5)6)50-32-28-12-10-9-11-27(28)30(21-38-32)42-15-17-49-18-16-42/h8-12,21,23,25-26,29H,1,13-20,22H2,2-7H3,(H,40,44)(H,41,46). The average Bonchev–Trinajstić information content (AvgIpc) is 3.98. The molecule has 1 aromatic heterocycles. The lowest BCUT2D eigenvalue weighted by Gasteiger charge is -2.30. The normalized spacial score (nSPS) is 26.3. The SMILES string of the molecule is C=CC1CC1(NC(=O)C1CC(Oc2ncc(N3CCOCC3)c3ccccc23)CN1C(=O)C(C)N=C(C)OC(C)(C)C)C(=O)NS(=O)(=O)C1(C)CC1. The van der Waals surface area contributed by atoms with Crippen LogP contribution < -0.4 is 19.7 Å². The first-order chi connectivity index (χ1) is 24.5. The summed E-state index contributed by atoms with van der Waals surface area (Å²) in [4.78, 5) is 54.6. The summed E-state index contributed by atoms with van der Waals surface area (Å²) in [6.45, 7) is 17.1. The molecule has 5 unspecified atom stereocenters. The van der Waals surface area contributed by atoms with Gasteiger partial charge in [-0.3, -0.25) is 19.1 Å². The Hall–Kier alpha value is -4.24. The molecule has 52 heavy (non-hydrogen) atoms. The van der Waals surface area contributed by atoms with Gasteiger partial charge in [-0.2, -0.15) is 0 Å². The van der Waals surface area contributed by atoms with Crippen LogP contribution in [0.4, 0.5) is 5.69 Å². The lowest BCUT2D eigenvalue weighted by Crippen LogP contribution is -2.57. The zero-order valence-corrected chi connectivity index (χ0v) is 31.6. The molecule has 5 atom stereocenters. The van der Waals surface area contributed by atoms with Crippen LogP contribution >= 0.6 is 0 Å². The first kappa shape index (κ1) is 37.5. The summed E-state index contributed by atoms with van der Waals surface area (Å²) in [5.74, 6) is -1.64. The van der Waals surface area contributed by atoms with Gasteiger partial charge < -0.3 is 29.3 Å². The van der Waals surface area contributed by atoms with Crippen molar-refractivity contribution in [1.82, 2.24) is 19.9 Å². The Morgan fingerprint density at radius 2 is 1.83 bits per heavy atom. The smallest absolute Gasteiger partial charge is 0.259 e. The third-order valence-electron chi connectivity index (χ3n) is 10.3. The van der Waals surface area contributed by atoms with Crippen molar-refractivity contribution in [2.24, 2.45) is 10.9 Å². The minimum atomic E-state index is -3.96. The fourth-order valence-electron chi connectivity index (χ4n) is 6.99. The minimum absolute atomic E-state index is 0.0496. The van der Waals surface area contributed by atoms with E-state index in [1.54, 1.807) is 27.0 Å². The Kier molecular flexibility index (Phi) is 10.1. The van der Waals surface area contributed by atoms with E-state index < -0.39 is 67.7 Å². The summed E-state index contributed by atoms with van der Waals surface area (Å²) in [5.41, 5.74) is -1.07. The Balaban J connectivity index is 1.26. The van der Waals surface area contributed by atoms with Crippen molar-refractivity contribution in [3.8, 4) is 5.88 Å². The molecule has 2 aliphatic heterocycles. The third kappa shape index (κ3) is 7.61. The van der Waals surface area contributed by atoms with Gasteiger partial charge in [-0.1, -0.05) is 24.3 Å². The lowest BCUT2D eigenvalue weighted by molar-refractivity contribution is -0.140. The minimum Gasteiger partial charge on any atom is -0.476 e. The lowest BCUT2D eigenvalue weighted by atomic mass is 10.1. The molecule has 0 spiro atoms. The first-order valence-corrected chi connectivity index (χ1v) is 19.4. The molecule has 282 valence electrons. The van der Waals surface area contributed by atoms with Crippen LogP contribution in [0.2, 0.25) is 0 Å². The highest BCUT2D eigenvalue weighted by Crippen LogP contribution is 2.47. The molecular formula is C37H50N6O8S. The number of sulfonamides is 1. The van der Waals surface area contributed by atoms with Gasteiger partial charge in [0.1, 0.15) is 29.3 Å². The van der Waals surface area contributed by atoms with Crippen molar-refractivity contribution in [1.29, 1.82) is 0 Å². The molecule has 14 nitrogen and oxygen atoms in total. The number of likely N-dealkylation sites (tertiary alicyclic amines) is 1. The zero-order chi connectivity index (χ0) is 37.6. The summed E-state index contributed by atoms with van der Waals surface area (Å²) in [6.07, 6.45) is 3.84. The molecule has 4 fully saturated rings. The van der Waals surface area contributed by atoms with E-state index in [9.17, 15) is 22.8 Å². The number of hydrogen-bond donors (Lipinski definition) is 2. The fourth-order valence-corrected chi connectivity index (χ4v) is 8.30. The van der Waals surface area contributed by atoms with E-state index in [0.29, 0.717) is 37.8 Å². The van der Waals surface area contributed by atoms with Crippen LogP contribution in [0.1, 0.15) is 67.2 Å².